The highest BCUT2D eigenvalue weighted by Crippen LogP contribution is 2.35. The Balaban J connectivity index is 1.69. The number of benzene rings is 2. The summed E-state index contributed by atoms with van der Waals surface area (Å²) in [7, 11) is 1.85. The third kappa shape index (κ3) is 4.58. The number of ether oxygens (including phenoxy) is 1. The van der Waals surface area contributed by atoms with Crippen molar-refractivity contribution in [2.45, 2.75) is 23.9 Å². The van der Waals surface area contributed by atoms with Gasteiger partial charge < -0.3 is 9.30 Å². The number of nitrogens with zero attached hydrogens (tertiary/aromatic N) is 4. The average molecular weight is 405 g/mol. The number of nitro benzene ring substituents is 1. The first-order valence-corrected chi connectivity index (χ1v) is 9.38. The SMILES string of the molecule is C[C@H](Sc1nnc(COc2ccccc2Cl)n1C)c1cccc([N+](=O)[O-])c1. The van der Waals surface area contributed by atoms with Gasteiger partial charge in [0.2, 0.25) is 0 Å². The molecule has 2 aromatic carbocycles. The molecule has 9 heteroatoms. The Kier molecular flexibility index (Phi) is 5.98. The van der Waals surface area contributed by atoms with Crippen molar-refractivity contribution in [1.29, 1.82) is 0 Å². The van der Waals surface area contributed by atoms with E-state index in [0.29, 0.717) is 21.8 Å². The number of non-ortho nitro benzene ring substituents is 1. The molecule has 0 aliphatic rings. The van der Waals surface area contributed by atoms with Crippen LogP contribution < -0.4 is 4.74 Å². The predicted molar refractivity (Wildman–Crippen MR) is 104 cm³/mol. The quantitative estimate of drug-likeness (QED) is 0.319. The number of thioether (sulfide) groups is 1. The molecule has 1 atom stereocenters. The molecule has 0 unspecified atom stereocenters. The Labute approximate surface area is 165 Å². The molecule has 1 aromatic heterocycles. The topological polar surface area (TPSA) is 83.1 Å². The summed E-state index contributed by atoms with van der Waals surface area (Å²) in [5, 5.41) is 20.5. The van der Waals surface area contributed by atoms with Crippen LogP contribution in [0.3, 0.4) is 0 Å². The summed E-state index contributed by atoms with van der Waals surface area (Å²) < 4.78 is 7.55. The van der Waals surface area contributed by atoms with E-state index in [1.54, 1.807) is 24.3 Å². The van der Waals surface area contributed by atoms with Crippen LogP contribution in [0.5, 0.6) is 5.75 Å². The van der Waals surface area contributed by atoms with Crippen molar-refractivity contribution in [2.24, 2.45) is 7.05 Å². The summed E-state index contributed by atoms with van der Waals surface area (Å²) in [5.74, 6) is 1.24. The Morgan fingerprint density at radius 2 is 2.04 bits per heavy atom. The molecule has 3 aromatic rings. The fraction of sp³-hybridized carbons (Fsp3) is 0.222. The van der Waals surface area contributed by atoms with Crippen LogP contribution in [0.15, 0.2) is 53.7 Å². The molecule has 0 fully saturated rings. The second kappa shape index (κ2) is 8.41. The van der Waals surface area contributed by atoms with Gasteiger partial charge in [-0.25, -0.2) is 0 Å². The highest BCUT2D eigenvalue weighted by atomic mass is 35.5. The van der Waals surface area contributed by atoms with Crippen LogP contribution in [0.2, 0.25) is 5.02 Å². The molecular weight excluding hydrogens is 388 g/mol. The van der Waals surface area contributed by atoms with Crippen molar-refractivity contribution in [3.63, 3.8) is 0 Å². The van der Waals surface area contributed by atoms with Crippen molar-refractivity contribution in [3.8, 4) is 5.75 Å². The van der Waals surface area contributed by atoms with E-state index in [-0.39, 0.29) is 17.5 Å². The Morgan fingerprint density at radius 3 is 2.78 bits per heavy atom. The molecule has 0 N–H and O–H groups in total. The molecule has 0 aliphatic carbocycles. The summed E-state index contributed by atoms with van der Waals surface area (Å²) in [6.45, 7) is 2.21. The van der Waals surface area contributed by atoms with Gasteiger partial charge in [-0.05, 0) is 24.6 Å². The standard InChI is InChI=1S/C18H17ClN4O3S/c1-12(13-6-5-7-14(10-13)23(24)25)27-18-21-20-17(22(18)2)11-26-16-9-4-3-8-15(16)19/h3-10,12H,11H2,1-2H3/t12-/m0/s1. The summed E-state index contributed by atoms with van der Waals surface area (Å²) >= 11 is 7.56. The van der Waals surface area contributed by atoms with Gasteiger partial charge in [0, 0.05) is 24.4 Å². The summed E-state index contributed by atoms with van der Waals surface area (Å²) in [5.41, 5.74) is 0.929. The number of rotatable bonds is 7. The zero-order valence-electron chi connectivity index (χ0n) is 14.7. The number of aromatic nitrogens is 3. The summed E-state index contributed by atoms with van der Waals surface area (Å²) in [6, 6.07) is 13.8. The van der Waals surface area contributed by atoms with Crippen LogP contribution in [0.4, 0.5) is 5.69 Å². The molecular formula is C18H17ClN4O3S. The van der Waals surface area contributed by atoms with Crippen LogP contribution in [-0.2, 0) is 13.7 Å². The molecule has 0 spiro atoms. The van der Waals surface area contributed by atoms with E-state index in [0.717, 1.165) is 5.56 Å². The number of halogens is 1. The molecule has 27 heavy (non-hydrogen) atoms. The van der Waals surface area contributed by atoms with E-state index in [4.69, 9.17) is 16.3 Å². The van der Waals surface area contributed by atoms with Crippen LogP contribution >= 0.6 is 23.4 Å². The lowest BCUT2D eigenvalue weighted by Gasteiger charge is -2.11. The molecule has 3 rings (SSSR count). The van der Waals surface area contributed by atoms with E-state index < -0.39 is 4.92 Å². The van der Waals surface area contributed by atoms with Crippen LogP contribution in [-0.4, -0.2) is 19.7 Å². The fourth-order valence-corrected chi connectivity index (χ4v) is 3.54. The van der Waals surface area contributed by atoms with Crippen molar-refractivity contribution in [1.82, 2.24) is 14.8 Å². The molecule has 0 bridgehead atoms. The summed E-state index contributed by atoms with van der Waals surface area (Å²) in [4.78, 5) is 10.6. The van der Waals surface area contributed by atoms with Gasteiger partial charge in [-0.2, -0.15) is 0 Å². The van der Waals surface area contributed by atoms with Gasteiger partial charge in [-0.3, -0.25) is 10.1 Å². The van der Waals surface area contributed by atoms with Crippen LogP contribution in [0.25, 0.3) is 0 Å². The molecule has 0 saturated heterocycles. The number of para-hydroxylation sites is 1. The molecule has 7 nitrogen and oxygen atoms in total. The number of nitro groups is 1. The maximum Gasteiger partial charge on any atom is 0.269 e. The zero-order chi connectivity index (χ0) is 19.4. The van der Waals surface area contributed by atoms with Crippen molar-refractivity contribution >= 4 is 29.1 Å². The minimum atomic E-state index is -0.395. The minimum absolute atomic E-state index is 0.0230. The van der Waals surface area contributed by atoms with E-state index in [1.807, 2.05) is 36.7 Å². The second-order valence-corrected chi connectivity index (χ2v) is 7.50. The first-order chi connectivity index (χ1) is 13.0. The van der Waals surface area contributed by atoms with Gasteiger partial charge in [0.1, 0.15) is 12.4 Å². The van der Waals surface area contributed by atoms with Gasteiger partial charge in [0.05, 0.1) is 9.95 Å². The lowest BCUT2D eigenvalue weighted by atomic mass is 10.1. The Bertz CT molecular complexity index is 963. The smallest absolute Gasteiger partial charge is 0.269 e. The van der Waals surface area contributed by atoms with E-state index in [9.17, 15) is 10.1 Å². The van der Waals surface area contributed by atoms with Gasteiger partial charge in [0.15, 0.2) is 11.0 Å². The second-order valence-electron chi connectivity index (χ2n) is 5.79. The Morgan fingerprint density at radius 1 is 1.26 bits per heavy atom. The highest BCUT2D eigenvalue weighted by Gasteiger charge is 2.17. The first-order valence-electron chi connectivity index (χ1n) is 8.12. The Hall–Kier alpha value is -2.58. The molecule has 1 heterocycles. The lowest BCUT2D eigenvalue weighted by molar-refractivity contribution is -0.384. The third-order valence-corrected chi connectivity index (χ3v) is 5.46. The molecule has 0 saturated carbocycles. The lowest BCUT2D eigenvalue weighted by Crippen LogP contribution is -2.05. The molecule has 0 radical (unpaired) electrons. The largest absolute Gasteiger partial charge is 0.484 e. The van der Waals surface area contributed by atoms with E-state index in [1.165, 1.54) is 17.8 Å². The highest BCUT2D eigenvalue weighted by molar-refractivity contribution is 7.99. The maximum atomic E-state index is 11.0. The average Bonchev–Trinajstić information content (AvgIpc) is 3.01. The van der Waals surface area contributed by atoms with Crippen molar-refractivity contribution < 1.29 is 9.66 Å². The monoisotopic (exact) mass is 404 g/mol. The van der Waals surface area contributed by atoms with Crippen molar-refractivity contribution in [3.05, 3.63) is 75.1 Å². The zero-order valence-corrected chi connectivity index (χ0v) is 16.3. The van der Waals surface area contributed by atoms with Gasteiger partial charge >= 0.3 is 0 Å². The number of hydrogen-bond donors (Lipinski definition) is 0. The normalized spacial score (nSPS) is 12.0. The molecule has 0 amide bonds. The third-order valence-electron chi connectivity index (χ3n) is 3.95. The van der Waals surface area contributed by atoms with Gasteiger partial charge in [-0.15, -0.1) is 10.2 Å². The van der Waals surface area contributed by atoms with Crippen LogP contribution in [0.1, 0.15) is 23.6 Å². The summed E-state index contributed by atoms with van der Waals surface area (Å²) in [6.07, 6.45) is 0. The first kappa shape index (κ1) is 19.2. The maximum absolute atomic E-state index is 11.0. The minimum Gasteiger partial charge on any atom is -0.484 e. The van der Waals surface area contributed by atoms with E-state index in [2.05, 4.69) is 10.2 Å². The molecule has 140 valence electrons. The van der Waals surface area contributed by atoms with E-state index >= 15 is 0 Å². The number of hydrogen-bond acceptors (Lipinski definition) is 6. The predicted octanol–water partition coefficient (Wildman–Crippen LogP) is 4.81. The van der Waals surface area contributed by atoms with Crippen molar-refractivity contribution in [2.75, 3.05) is 0 Å². The van der Waals surface area contributed by atoms with Gasteiger partial charge in [0.25, 0.3) is 5.69 Å². The van der Waals surface area contributed by atoms with Crippen LogP contribution in [0, 0.1) is 10.1 Å². The fourth-order valence-electron chi connectivity index (χ4n) is 2.39. The molecule has 0 aliphatic heterocycles. The van der Waals surface area contributed by atoms with Gasteiger partial charge in [-0.1, -0.05) is 47.6 Å².